The van der Waals surface area contributed by atoms with Gasteiger partial charge in [-0.15, -0.1) is 0 Å². The summed E-state index contributed by atoms with van der Waals surface area (Å²) in [5.41, 5.74) is -2.51. The number of carbonyl (C=O) groups is 2. The number of fused-ring (bicyclic) bond motifs is 1. The molecule has 12 heteroatoms. The van der Waals surface area contributed by atoms with E-state index in [1.54, 1.807) is 18.2 Å². The Kier molecular flexibility index (Phi) is 5.54. The second kappa shape index (κ2) is 8.12. The number of nitrogens with zero attached hydrogens (tertiary/aromatic N) is 1. The third-order valence-corrected chi connectivity index (χ3v) is 5.07. The second-order valence-corrected chi connectivity index (χ2v) is 7.34. The van der Waals surface area contributed by atoms with Crippen LogP contribution < -0.4 is 4.74 Å². The van der Waals surface area contributed by atoms with Gasteiger partial charge in [0.2, 0.25) is 0 Å². The number of nitrogens with one attached hydrogen (secondary N) is 1. The lowest BCUT2D eigenvalue weighted by Gasteiger charge is -2.16. The molecule has 178 valence electrons. The summed E-state index contributed by atoms with van der Waals surface area (Å²) in [6, 6.07) is 5.94. The number of hydrogen-bond acceptors (Lipinski definition) is 4. The van der Waals surface area contributed by atoms with Gasteiger partial charge in [-0.2, -0.15) is 26.3 Å². The van der Waals surface area contributed by atoms with E-state index in [1.165, 1.54) is 19.4 Å². The van der Waals surface area contributed by atoms with Crippen molar-refractivity contribution >= 4 is 29.0 Å². The van der Waals surface area contributed by atoms with Gasteiger partial charge in [-0.05, 0) is 48.0 Å². The Morgan fingerprint density at radius 1 is 1.00 bits per heavy atom. The molecule has 34 heavy (non-hydrogen) atoms. The first-order valence-corrected chi connectivity index (χ1v) is 9.55. The quantitative estimate of drug-likeness (QED) is 0.379. The lowest BCUT2D eigenvalue weighted by Crippen LogP contribution is -2.28. The van der Waals surface area contributed by atoms with Crippen LogP contribution in [0.1, 0.15) is 22.3 Å². The number of hydrogen-bond donors (Lipinski definition) is 1. The van der Waals surface area contributed by atoms with Crippen LogP contribution in [0, 0.1) is 0 Å². The number of halogens is 6. The molecule has 0 unspecified atom stereocenters. The number of aromatic amines is 1. The van der Waals surface area contributed by atoms with Gasteiger partial charge >= 0.3 is 18.4 Å². The molecule has 0 bridgehead atoms. The van der Waals surface area contributed by atoms with Crippen molar-refractivity contribution in [2.75, 3.05) is 7.11 Å². The highest BCUT2D eigenvalue weighted by atomic mass is 19.4. The van der Waals surface area contributed by atoms with Crippen molar-refractivity contribution in [2.45, 2.75) is 18.9 Å². The maximum absolute atomic E-state index is 13.1. The third kappa shape index (κ3) is 4.43. The van der Waals surface area contributed by atoms with Crippen molar-refractivity contribution in [3.05, 3.63) is 70.6 Å². The van der Waals surface area contributed by atoms with Crippen molar-refractivity contribution in [3.8, 4) is 5.75 Å². The minimum atomic E-state index is -5.06. The van der Waals surface area contributed by atoms with Gasteiger partial charge in [0.15, 0.2) is 5.76 Å². The SMILES string of the molecule is COc1ccc2[nH]cc(C=C3OC(=O)N(Cc4cc(C(F)(F)F)cc(C(F)(F)F)c4)C3=O)c2c1. The molecule has 0 saturated carbocycles. The first-order chi connectivity index (χ1) is 15.9. The van der Waals surface area contributed by atoms with Crippen LogP contribution in [-0.4, -0.2) is 29.0 Å². The van der Waals surface area contributed by atoms with E-state index in [9.17, 15) is 35.9 Å². The summed E-state index contributed by atoms with van der Waals surface area (Å²) in [4.78, 5) is 28.3. The molecule has 1 N–H and O–H groups in total. The van der Waals surface area contributed by atoms with Crippen LogP contribution in [0.15, 0.2) is 48.4 Å². The summed E-state index contributed by atoms with van der Waals surface area (Å²) in [5, 5.41) is 0.627. The highest BCUT2D eigenvalue weighted by Gasteiger charge is 2.40. The number of alkyl halides is 6. The fourth-order valence-corrected chi connectivity index (χ4v) is 3.44. The molecule has 1 aliphatic heterocycles. The van der Waals surface area contributed by atoms with E-state index < -0.39 is 53.3 Å². The van der Waals surface area contributed by atoms with Gasteiger partial charge < -0.3 is 14.5 Å². The average molecular weight is 484 g/mol. The maximum atomic E-state index is 13.1. The van der Waals surface area contributed by atoms with Gasteiger partial charge in [-0.25, -0.2) is 9.69 Å². The Hall–Kier alpha value is -3.96. The second-order valence-electron chi connectivity index (χ2n) is 7.34. The molecule has 4 rings (SSSR count). The number of benzene rings is 2. The predicted molar refractivity (Wildman–Crippen MR) is 106 cm³/mol. The van der Waals surface area contributed by atoms with Gasteiger partial charge in [-0.1, -0.05) is 0 Å². The number of aromatic nitrogens is 1. The van der Waals surface area contributed by atoms with Gasteiger partial charge in [0.1, 0.15) is 5.75 Å². The number of rotatable bonds is 4. The molecule has 1 saturated heterocycles. The molecule has 1 aliphatic rings. The Morgan fingerprint density at radius 3 is 2.24 bits per heavy atom. The Morgan fingerprint density at radius 2 is 1.65 bits per heavy atom. The maximum Gasteiger partial charge on any atom is 0.422 e. The average Bonchev–Trinajstić information content (AvgIpc) is 3.27. The monoisotopic (exact) mass is 484 g/mol. The normalized spacial score (nSPS) is 16.0. The van der Waals surface area contributed by atoms with Crippen molar-refractivity contribution in [3.63, 3.8) is 0 Å². The van der Waals surface area contributed by atoms with E-state index in [1.807, 2.05) is 0 Å². The summed E-state index contributed by atoms with van der Waals surface area (Å²) in [7, 11) is 1.46. The van der Waals surface area contributed by atoms with Gasteiger partial charge in [0.05, 0.1) is 24.8 Å². The molecular formula is C22H14F6N2O4. The number of methoxy groups -OCH3 is 1. The van der Waals surface area contributed by atoms with Crippen molar-refractivity contribution < 1.29 is 45.4 Å². The van der Waals surface area contributed by atoms with Crippen LogP contribution >= 0.6 is 0 Å². The van der Waals surface area contributed by atoms with E-state index in [-0.39, 0.29) is 6.07 Å². The Balaban J connectivity index is 1.66. The summed E-state index contributed by atoms with van der Waals surface area (Å²) >= 11 is 0. The lowest BCUT2D eigenvalue weighted by molar-refractivity contribution is -0.143. The molecule has 2 aromatic carbocycles. The minimum Gasteiger partial charge on any atom is -0.497 e. The zero-order valence-electron chi connectivity index (χ0n) is 17.2. The number of amides is 2. The van der Waals surface area contributed by atoms with Gasteiger partial charge in [0.25, 0.3) is 5.91 Å². The summed E-state index contributed by atoms with van der Waals surface area (Å²) in [5.74, 6) is -0.918. The molecule has 0 aliphatic carbocycles. The fourth-order valence-electron chi connectivity index (χ4n) is 3.44. The van der Waals surface area contributed by atoms with E-state index in [4.69, 9.17) is 9.47 Å². The predicted octanol–water partition coefficient (Wildman–Crippen LogP) is 5.73. The van der Waals surface area contributed by atoms with E-state index in [0.29, 0.717) is 39.2 Å². The van der Waals surface area contributed by atoms with Crippen LogP contribution in [0.2, 0.25) is 0 Å². The van der Waals surface area contributed by atoms with E-state index in [0.717, 1.165) is 0 Å². The van der Waals surface area contributed by atoms with Crippen LogP contribution in [0.4, 0.5) is 31.1 Å². The Bertz CT molecular complexity index is 1290. The molecule has 1 aromatic heterocycles. The zero-order valence-corrected chi connectivity index (χ0v) is 17.2. The first-order valence-electron chi connectivity index (χ1n) is 9.55. The molecule has 2 heterocycles. The largest absolute Gasteiger partial charge is 0.497 e. The van der Waals surface area contributed by atoms with Crippen molar-refractivity contribution in [1.29, 1.82) is 0 Å². The summed E-state index contributed by atoms with van der Waals surface area (Å²) < 4.78 is 88.7. The minimum absolute atomic E-state index is 0.0375. The van der Waals surface area contributed by atoms with Crippen LogP contribution in [0.3, 0.4) is 0 Å². The summed E-state index contributed by atoms with van der Waals surface area (Å²) in [6.45, 7) is -0.844. The molecular weight excluding hydrogens is 470 g/mol. The number of imide groups is 1. The molecule has 6 nitrogen and oxygen atoms in total. The first kappa shape index (κ1) is 23.2. The van der Waals surface area contributed by atoms with Crippen LogP contribution in [-0.2, 0) is 28.4 Å². The fraction of sp³-hybridized carbons (Fsp3) is 0.182. The molecule has 0 radical (unpaired) electrons. The summed E-state index contributed by atoms with van der Waals surface area (Å²) in [6.07, 6.45) is -8.57. The third-order valence-electron chi connectivity index (χ3n) is 5.07. The van der Waals surface area contributed by atoms with Gasteiger partial charge in [0, 0.05) is 22.7 Å². The molecule has 3 aromatic rings. The molecule has 2 amide bonds. The molecule has 0 spiro atoms. The van der Waals surface area contributed by atoms with Crippen molar-refractivity contribution in [1.82, 2.24) is 9.88 Å². The Labute approximate surface area is 187 Å². The van der Waals surface area contributed by atoms with Gasteiger partial charge in [-0.3, -0.25) is 4.79 Å². The zero-order chi connectivity index (χ0) is 24.8. The molecule has 1 fully saturated rings. The molecule has 0 atom stereocenters. The number of cyclic esters (lactones) is 1. The smallest absolute Gasteiger partial charge is 0.422 e. The number of carbonyl (C=O) groups excluding carboxylic acids is 2. The lowest BCUT2D eigenvalue weighted by atomic mass is 10.0. The topological polar surface area (TPSA) is 71.6 Å². The number of ether oxygens (including phenoxy) is 2. The van der Waals surface area contributed by atoms with Crippen LogP contribution in [0.25, 0.3) is 17.0 Å². The van der Waals surface area contributed by atoms with Crippen molar-refractivity contribution in [2.24, 2.45) is 0 Å². The van der Waals surface area contributed by atoms with Crippen LogP contribution in [0.5, 0.6) is 5.75 Å². The standard InChI is InChI=1S/C22H14F6N2O4/c1-33-15-2-3-17-16(8-15)12(9-29-17)6-18-19(31)30(20(32)34-18)10-11-4-13(21(23,24)25)7-14(5-11)22(26,27)28/h2-9,29H,10H2,1H3. The highest BCUT2D eigenvalue weighted by molar-refractivity contribution is 6.10. The van der Waals surface area contributed by atoms with E-state index in [2.05, 4.69) is 4.98 Å². The number of H-pyrrole nitrogens is 1. The van der Waals surface area contributed by atoms with E-state index >= 15 is 0 Å². The highest BCUT2D eigenvalue weighted by Crippen LogP contribution is 2.37.